The van der Waals surface area contributed by atoms with Crippen LogP contribution in [-0.2, 0) is 23.7 Å². The topological polar surface area (TPSA) is 84.3 Å². The molecule has 1 aliphatic rings. The third-order valence-corrected chi connectivity index (χ3v) is 7.13. The minimum absolute atomic E-state index is 0.0554. The number of carbonyl (C=O) groups excluding carboxylic acids is 2. The number of halogens is 6. The average Bonchev–Trinajstić information content (AvgIpc) is 3.16. The monoisotopic (exact) mass is 546 g/mol. The largest absolute Gasteiger partial charge is 0.416 e. The standard InChI is InChI=1S/C23H20F6N4O3S/c1-12-17-19(37-18(12)21(36)32-5-3-2-4-6-32)30-11-33(20(17)35)10-16(34)31-15-8-13(22(24,25)26)7-14(9-15)23(27,28)29/h7-9,11H,2-6,10H2,1H3,(H,31,34). The zero-order valence-electron chi connectivity index (χ0n) is 19.3. The molecular weight excluding hydrogens is 526 g/mol. The maximum atomic E-state index is 13.1. The van der Waals surface area contributed by atoms with Crippen molar-refractivity contribution in [2.45, 2.75) is 45.1 Å². The molecule has 0 aliphatic carbocycles. The molecule has 0 saturated carbocycles. The van der Waals surface area contributed by atoms with E-state index < -0.39 is 47.2 Å². The fourth-order valence-corrected chi connectivity index (χ4v) is 5.21. The summed E-state index contributed by atoms with van der Waals surface area (Å²) in [5.74, 6) is -1.25. The normalized spacial score (nSPS) is 14.7. The minimum Gasteiger partial charge on any atom is -0.338 e. The van der Waals surface area contributed by atoms with E-state index >= 15 is 0 Å². The molecule has 1 fully saturated rings. The average molecular weight is 546 g/mol. The second kappa shape index (κ2) is 9.80. The van der Waals surface area contributed by atoms with Gasteiger partial charge in [0.2, 0.25) is 5.91 Å². The number of benzene rings is 1. The number of likely N-dealkylation sites (tertiary alicyclic amines) is 1. The highest BCUT2D eigenvalue weighted by Crippen LogP contribution is 2.37. The number of nitrogens with zero attached hydrogens (tertiary/aromatic N) is 3. The molecule has 1 aromatic carbocycles. The summed E-state index contributed by atoms with van der Waals surface area (Å²) in [6.07, 6.45) is -6.32. The smallest absolute Gasteiger partial charge is 0.338 e. The van der Waals surface area contributed by atoms with Crippen molar-refractivity contribution in [3.05, 3.63) is 56.4 Å². The van der Waals surface area contributed by atoms with E-state index in [1.165, 1.54) is 0 Å². The first kappa shape index (κ1) is 26.6. The Morgan fingerprint density at radius 1 is 1.00 bits per heavy atom. The van der Waals surface area contributed by atoms with Gasteiger partial charge in [0.25, 0.3) is 11.5 Å². The van der Waals surface area contributed by atoms with Gasteiger partial charge in [0.1, 0.15) is 11.4 Å². The second-order valence-corrected chi connectivity index (χ2v) is 9.61. The number of amides is 2. The van der Waals surface area contributed by atoms with Gasteiger partial charge in [-0.2, -0.15) is 26.3 Å². The van der Waals surface area contributed by atoms with Crippen molar-refractivity contribution in [1.29, 1.82) is 0 Å². The molecule has 198 valence electrons. The van der Waals surface area contributed by atoms with Gasteiger partial charge in [0, 0.05) is 18.8 Å². The molecule has 0 radical (unpaired) electrons. The van der Waals surface area contributed by atoms with Crippen LogP contribution in [0.3, 0.4) is 0 Å². The van der Waals surface area contributed by atoms with Crippen molar-refractivity contribution in [2.75, 3.05) is 18.4 Å². The number of carbonyl (C=O) groups is 2. The quantitative estimate of drug-likeness (QED) is 0.464. The SMILES string of the molecule is Cc1c(C(=O)N2CCCCC2)sc2ncn(CC(=O)Nc3cc(C(F)(F)F)cc(C(F)(F)F)c3)c(=O)c12. The summed E-state index contributed by atoms with van der Waals surface area (Å²) in [6.45, 7) is 2.08. The summed E-state index contributed by atoms with van der Waals surface area (Å²) < 4.78 is 79.3. The predicted molar refractivity (Wildman–Crippen MR) is 123 cm³/mol. The van der Waals surface area contributed by atoms with E-state index in [-0.39, 0.29) is 22.2 Å². The summed E-state index contributed by atoms with van der Waals surface area (Å²) >= 11 is 1.05. The van der Waals surface area contributed by atoms with Crippen LogP contribution in [0, 0.1) is 6.92 Å². The van der Waals surface area contributed by atoms with Crippen LogP contribution in [0.5, 0.6) is 0 Å². The predicted octanol–water partition coefficient (Wildman–Crippen LogP) is 5.07. The third-order valence-electron chi connectivity index (χ3n) is 5.94. The highest BCUT2D eigenvalue weighted by atomic mass is 32.1. The number of thiophene rings is 1. The van der Waals surface area contributed by atoms with E-state index in [2.05, 4.69) is 4.98 Å². The summed E-state index contributed by atoms with van der Waals surface area (Å²) in [5.41, 5.74) is -4.16. The Balaban J connectivity index is 1.60. The Bertz CT molecular complexity index is 1390. The Morgan fingerprint density at radius 2 is 1.59 bits per heavy atom. The molecule has 2 amide bonds. The molecule has 7 nitrogen and oxygen atoms in total. The number of hydrogen-bond donors (Lipinski definition) is 1. The molecule has 0 atom stereocenters. The first-order valence-corrected chi connectivity index (χ1v) is 11.9. The van der Waals surface area contributed by atoms with Crippen LogP contribution in [0.15, 0.2) is 29.3 Å². The van der Waals surface area contributed by atoms with Crippen molar-refractivity contribution in [1.82, 2.24) is 14.5 Å². The summed E-state index contributed by atoms with van der Waals surface area (Å²) in [6, 6.07) is 0.692. The van der Waals surface area contributed by atoms with Crippen LogP contribution in [0.2, 0.25) is 0 Å². The fraction of sp³-hybridized carbons (Fsp3) is 0.391. The minimum atomic E-state index is -5.08. The second-order valence-electron chi connectivity index (χ2n) is 8.61. The number of alkyl halides is 6. The third kappa shape index (κ3) is 5.63. The number of anilines is 1. The number of hydrogen-bond acceptors (Lipinski definition) is 5. The lowest BCUT2D eigenvalue weighted by Gasteiger charge is -2.26. The van der Waals surface area contributed by atoms with Gasteiger partial charge in [-0.15, -0.1) is 11.3 Å². The van der Waals surface area contributed by atoms with Gasteiger partial charge in [0.05, 0.1) is 27.7 Å². The number of aromatic nitrogens is 2. The van der Waals surface area contributed by atoms with E-state index in [4.69, 9.17) is 0 Å². The molecule has 1 saturated heterocycles. The van der Waals surface area contributed by atoms with Gasteiger partial charge in [-0.1, -0.05) is 0 Å². The molecule has 0 spiro atoms. The van der Waals surface area contributed by atoms with Gasteiger partial charge in [-0.3, -0.25) is 19.0 Å². The number of rotatable bonds is 4. The Morgan fingerprint density at radius 3 is 2.16 bits per heavy atom. The zero-order chi connectivity index (χ0) is 27.1. The molecule has 2 aromatic heterocycles. The van der Waals surface area contributed by atoms with Gasteiger partial charge < -0.3 is 10.2 Å². The van der Waals surface area contributed by atoms with Crippen molar-refractivity contribution in [3.63, 3.8) is 0 Å². The van der Waals surface area contributed by atoms with Crippen LogP contribution < -0.4 is 10.9 Å². The summed E-state index contributed by atoms with van der Waals surface area (Å²) in [7, 11) is 0. The van der Waals surface area contributed by atoms with Crippen LogP contribution in [0.4, 0.5) is 32.0 Å². The summed E-state index contributed by atoms with van der Waals surface area (Å²) in [4.78, 5) is 44.9. The van der Waals surface area contributed by atoms with Crippen LogP contribution in [0.1, 0.15) is 45.6 Å². The lowest BCUT2D eigenvalue weighted by atomic mass is 10.1. The van der Waals surface area contributed by atoms with E-state index in [1.54, 1.807) is 11.8 Å². The van der Waals surface area contributed by atoms with Gasteiger partial charge in [0.15, 0.2) is 0 Å². The Labute approximate surface area is 209 Å². The molecule has 4 rings (SSSR count). The number of fused-ring (bicyclic) bond motifs is 1. The van der Waals surface area contributed by atoms with Crippen molar-refractivity contribution >= 4 is 39.1 Å². The van der Waals surface area contributed by atoms with Crippen LogP contribution >= 0.6 is 11.3 Å². The fourth-order valence-electron chi connectivity index (χ4n) is 4.10. The molecule has 14 heteroatoms. The molecule has 0 unspecified atom stereocenters. The molecule has 0 bridgehead atoms. The molecule has 1 N–H and O–H groups in total. The molecule has 1 aliphatic heterocycles. The Hall–Kier alpha value is -3.42. The van der Waals surface area contributed by atoms with E-state index in [9.17, 15) is 40.7 Å². The highest BCUT2D eigenvalue weighted by Gasteiger charge is 2.37. The van der Waals surface area contributed by atoms with E-state index in [1.807, 2.05) is 5.32 Å². The molecule has 37 heavy (non-hydrogen) atoms. The lowest BCUT2D eigenvalue weighted by Crippen LogP contribution is -2.35. The van der Waals surface area contributed by atoms with Gasteiger partial charge in [-0.25, -0.2) is 4.98 Å². The lowest BCUT2D eigenvalue weighted by molar-refractivity contribution is -0.143. The maximum Gasteiger partial charge on any atom is 0.416 e. The summed E-state index contributed by atoms with van der Waals surface area (Å²) in [5, 5.41) is 2.11. The zero-order valence-corrected chi connectivity index (χ0v) is 20.1. The molecule has 3 aromatic rings. The van der Waals surface area contributed by atoms with E-state index in [0.717, 1.165) is 41.5 Å². The number of nitrogens with one attached hydrogen (secondary N) is 1. The van der Waals surface area contributed by atoms with Crippen molar-refractivity contribution in [3.8, 4) is 0 Å². The van der Waals surface area contributed by atoms with Crippen molar-refractivity contribution in [2.24, 2.45) is 0 Å². The van der Waals surface area contributed by atoms with Crippen LogP contribution in [-0.4, -0.2) is 39.4 Å². The first-order chi connectivity index (χ1) is 17.3. The van der Waals surface area contributed by atoms with Gasteiger partial charge >= 0.3 is 12.4 Å². The number of aryl methyl sites for hydroxylation is 1. The highest BCUT2D eigenvalue weighted by molar-refractivity contribution is 7.20. The number of piperidine rings is 1. The van der Waals surface area contributed by atoms with E-state index in [0.29, 0.717) is 35.7 Å². The van der Waals surface area contributed by atoms with Crippen LogP contribution in [0.25, 0.3) is 10.2 Å². The maximum absolute atomic E-state index is 13.1. The first-order valence-electron chi connectivity index (χ1n) is 11.1. The van der Waals surface area contributed by atoms with Gasteiger partial charge in [-0.05, 0) is 49.9 Å². The molecular formula is C23H20F6N4O3S. The molecule has 3 heterocycles. The van der Waals surface area contributed by atoms with Crippen molar-refractivity contribution < 1.29 is 35.9 Å². The Kier molecular flexibility index (Phi) is 7.06.